The molecule has 0 spiro atoms. The van der Waals surface area contributed by atoms with E-state index in [0.29, 0.717) is 31.9 Å². The highest BCUT2D eigenvalue weighted by Crippen LogP contribution is 2.24. The van der Waals surface area contributed by atoms with Crippen LogP contribution in [0.1, 0.15) is 10.6 Å². The SMILES string of the molecule is CS(=O)(=O)N1CCN(c2ccc(NC(=S)NC(=O)c3ccc(-c4ccc(Br)cc4)o3)cc2)CC1. The number of rotatable bonds is 5. The van der Waals surface area contributed by atoms with Crippen LogP contribution in [0.5, 0.6) is 0 Å². The molecule has 11 heteroatoms. The number of piperazine rings is 1. The molecule has 178 valence electrons. The second kappa shape index (κ2) is 10.3. The van der Waals surface area contributed by atoms with Crippen LogP contribution in [-0.4, -0.2) is 56.2 Å². The number of thiocarbonyl (C=S) groups is 1. The molecule has 8 nitrogen and oxygen atoms in total. The highest BCUT2D eigenvalue weighted by Gasteiger charge is 2.23. The van der Waals surface area contributed by atoms with Crippen LogP contribution in [0.2, 0.25) is 0 Å². The van der Waals surface area contributed by atoms with Gasteiger partial charge in [0.1, 0.15) is 5.76 Å². The van der Waals surface area contributed by atoms with E-state index in [1.54, 1.807) is 12.1 Å². The number of nitrogens with one attached hydrogen (secondary N) is 2. The molecule has 1 amide bonds. The van der Waals surface area contributed by atoms with Gasteiger partial charge in [0.15, 0.2) is 10.9 Å². The summed E-state index contributed by atoms with van der Waals surface area (Å²) in [5.41, 5.74) is 2.57. The molecule has 2 aromatic carbocycles. The van der Waals surface area contributed by atoms with Crippen LogP contribution >= 0.6 is 28.1 Å². The predicted molar refractivity (Wildman–Crippen MR) is 141 cm³/mol. The van der Waals surface area contributed by atoms with Gasteiger partial charge in [-0.1, -0.05) is 28.1 Å². The summed E-state index contributed by atoms with van der Waals surface area (Å²) in [5, 5.41) is 5.77. The van der Waals surface area contributed by atoms with E-state index in [1.807, 2.05) is 48.5 Å². The number of amides is 1. The maximum atomic E-state index is 12.5. The number of hydrogen-bond acceptors (Lipinski definition) is 6. The van der Waals surface area contributed by atoms with Crippen LogP contribution < -0.4 is 15.5 Å². The minimum absolute atomic E-state index is 0.154. The largest absolute Gasteiger partial charge is 0.451 e. The first kappa shape index (κ1) is 24.4. The van der Waals surface area contributed by atoms with Crippen LogP contribution in [0.3, 0.4) is 0 Å². The molecule has 1 saturated heterocycles. The van der Waals surface area contributed by atoms with Gasteiger partial charge >= 0.3 is 0 Å². The highest BCUT2D eigenvalue weighted by atomic mass is 79.9. The van der Waals surface area contributed by atoms with Gasteiger partial charge in [-0.05, 0) is 60.7 Å². The lowest BCUT2D eigenvalue weighted by molar-refractivity contribution is 0.0951. The first-order chi connectivity index (χ1) is 16.2. The van der Waals surface area contributed by atoms with E-state index in [0.717, 1.165) is 21.4 Å². The molecule has 4 rings (SSSR count). The summed E-state index contributed by atoms with van der Waals surface area (Å²) >= 11 is 8.66. The molecular weight excluding hydrogens is 540 g/mol. The van der Waals surface area contributed by atoms with Crippen molar-refractivity contribution in [3.8, 4) is 11.3 Å². The minimum atomic E-state index is -3.16. The lowest BCUT2D eigenvalue weighted by atomic mass is 10.2. The van der Waals surface area contributed by atoms with Gasteiger partial charge in [0.25, 0.3) is 5.91 Å². The zero-order chi connectivity index (χ0) is 24.3. The first-order valence-electron chi connectivity index (χ1n) is 10.5. The minimum Gasteiger partial charge on any atom is -0.451 e. The van der Waals surface area contributed by atoms with E-state index in [4.69, 9.17) is 16.6 Å². The summed E-state index contributed by atoms with van der Waals surface area (Å²) in [4.78, 5) is 14.6. The maximum absolute atomic E-state index is 12.5. The van der Waals surface area contributed by atoms with Crippen molar-refractivity contribution in [2.75, 3.05) is 42.7 Å². The Morgan fingerprint density at radius 1 is 0.971 bits per heavy atom. The zero-order valence-corrected chi connectivity index (χ0v) is 21.5. The lowest BCUT2D eigenvalue weighted by Gasteiger charge is -2.34. The van der Waals surface area contributed by atoms with Crippen molar-refractivity contribution < 1.29 is 17.6 Å². The number of hydrogen-bond donors (Lipinski definition) is 2. The Morgan fingerprint density at radius 3 is 2.24 bits per heavy atom. The summed E-state index contributed by atoms with van der Waals surface area (Å²) in [6, 6.07) is 18.5. The van der Waals surface area contributed by atoms with Gasteiger partial charge < -0.3 is 14.6 Å². The first-order valence-corrected chi connectivity index (χ1v) is 13.5. The molecule has 0 bridgehead atoms. The third-order valence-electron chi connectivity index (χ3n) is 5.38. The van der Waals surface area contributed by atoms with E-state index >= 15 is 0 Å². The van der Waals surface area contributed by atoms with Gasteiger partial charge in [-0.3, -0.25) is 10.1 Å². The number of furan rings is 1. The summed E-state index contributed by atoms with van der Waals surface area (Å²) in [7, 11) is -3.16. The van der Waals surface area contributed by atoms with Gasteiger partial charge in [0.05, 0.1) is 6.26 Å². The number of halogens is 1. The number of nitrogens with zero attached hydrogens (tertiary/aromatic N) is 2. The van der Waals surface area contributed by atoms with Gasteiger partial charge in [0.2, 0.25) is 10.0 Å². The standard InChI is InChI=1S/C23H23BrN4O4S2/c1-34(30,31)28-14-12-27(13-15-28)19-8-6-18(7-9-19)25-23(33)26-22(29)21-11-10-20(32-21)16-2-4-17(24)5-3-16/h2-11H,12-15H2,1H3,(H2,25,26,29,33). The van der Waals surface area contributed by atoms with Crippen LogP contribution in [0.4, 0.5) is 11.4 Å². The van der Waals surface area contributed by atoms with Gasteiger partial charge in [-0.2, -0.15) is 4.31 Å². The van der Waals surface area contributed by atoms with Gasteiger partial charge in [-0.25, -0.2) is 8.42 Å². The predicted octanol–water partition coefficient (Wildman–Crippen LogP) is 3.92. The molecule has 1 fully saturated rings. The molecule has 1 aliphatic rings. The average Bonchev–Trinajstić information content (AvgIpc) is 3.30. The molecule has 0 unspecified atom stereocenters. The average molecular weight is 563 g/mol. The number of anilines is 2. The Balaban J connectivity index is 1.30. The van der Waals surface area contributed by atoms with Crippen LogP contribution in [0, 0.1) is 0 Å². The molecule has 2 N–H and O–H groups in total. The van der Waals surface area contributed by atoms with E-state index < -0.39 is 15.9 Å². The molecule has 1 aliphatic heterocycles. The fraction of sp³-hybridized carbons (Fsp3) is 0.217. The van der Waals surface area contributed by atoms with E-state index in [-0.39, 0.29) is 10.9 Å². The second-order valence-corrected chi connectivity index (χ2v) is 11.1. The number of benzene rings is 2. The van der Waals surface area contributed by atoms with E-state index in [1.165, 1.54) is 10.6 Å². The van der Waals surface area contributed by atoms with E-state index in [2.05, 4.69) is 31.5 Å². The molecule has 1 aromatic heterocycles. The summed E-state index contributed by atoms with van der Waals surface area (Å²) in [6.07, 6.45) is 1.23. The zero-order valence-electron chi connectivity index (χ0n) is 18.3. The van der Waals surface area contributed by atoms with Crippen LogP contribution in [0.15, 0.2) is 69.6 Å². The molecule has 2 heterocycles. The smallest absolute Gasteiger partial charge is 0.293 e. The Labute approximate surface area is 212 Å². The molecular formula is C23H23BrN4O4S2. The Kier molecular flexibility index (Phi) is 7.36. The summed E-state index contributed by atoms with van der Waals surface area (Å²) < 4.78 is 31.5. The normalized spacial score (nSPS) is 14.6. The fourth-order valence-corrected chi connectivity index (χ4v) is 4.89. The fourth-order valence-electron chi connectivity index (χ4n) is 3.59. The van der Waals surface area contributed by atoms with Crippen molar-refractivity contribution in [1.29, 1.82) is 0 Å². The molecule has 0 radical (unpaired) electrons. The Bertz CT molecular complexity index is 1280. The number of sulfonamides is 1. The topological polar surface area (TPSA) is 94.9 Å². The third kappa shape index (κ3) is 6.03. The highest BCUT2D eigenvalue weighted by molar-refractivity contribution is 9.10. The van der Waals surface area contributed by atoms with E-state index in [9.17, 15) is 13.2 Å². The second-order valence-electron chi connectivity index (χ2n) is 7.77. The summed E-state index contributed by atoms with van der Waals surface area (Å²) in [6.45, 7) is 2.18. The Morgan fingerprint density at radius 2 is 1.62 bits per heavy atom. The molecule has 0 aliphatic carbocycles. The Hall–Kier alpha value is -2.73. The van der Waals surface area contributed by atoms with Gasteiger partial charge in [0, 0.05) is 47.6 Å². The van der Waals surface area contributed by atoms with Crippen molar-refractivity contribution in [1.82, 2.24) is 9.62 Å². The summed E-state index contributed by atoms with van der Waals surface area (Å²) in [5.74, 6) is 0.302. The van der Waals surface area contributed by atoms with Crippen molar-refractivity contribution in [2.45, 2.75) is 0 Å². The molecule has 0 saturated carbocycles. The quantitative estimate of drug-likeness (QED) is 0.455. The molecule has 3 aromatic rings. The van der Waals surface area contributed by atoms with Gasteiger partial charge in [-0.15, -0.1) is 0 Å². The molecule has 34 heavy (non-hydrogen) atoms. The van der Waals surface area contributed by atoms with Crippen molar-refractivity contribution in [2.24, 2.45) is 0 Å². The van der Waals surface area contributed by atoms with Crippen molar-refractivity contribution in [3.63, 3.8) is 0 Å². The van der Waals surface area contributed by atoms with Crippen LogP contribution in [-0.2, 0) is 10.0 Å². The number of carbonyl (C=O) groups excluding carboxylic acids is 1. The number of carbonyl (C=O) groups is 1. The maximum Gasteiger partial charge on any atom is 0.293 e. The van der Waals surface area contributed by atoms with Crippen LogP contribution in [0.25, 0.3) is 11.3 Å². The van der Waals surface area contributed by atoms with Crippen molar-refractivity contribution in [3.05, 3.63) is 70.9 Å². The third-order valence-corrected chi connectivity index (χ3v) is 7.42. The lowest BCUT2D eigenvalue weighted by Crippen LogP contribution is -2.48. The van der Waals surface area contributed by atoms with Crippen molar-refractivity contribution >= 4 is 60.6 Å². The molecule has 0 atom stereocenters. The monoisotopic (exact) mass is 562 g/mol.